The minimum absolute atomic E-state index is 0.182. The Morgan fingerprint density at radius 3 is 2.15 bits per heavy atom. The Labute approximate surface area is 122 Å². The Morgan fingerprint density at radius 2 is 1.70 bits per heavy atom. The van der Waals surface area contributed by atoms with Crippen molar-refractivity contribution < 1.29 is 0 Å². The predicted octanol–water partition coefficient (Wildman–Crippen LogP) is 1.51. The van der Waals surface area contributed by atoms with Crippen molar-refractivity contribution in [2.24, 2.45) is 5.73 Å². The van der Waals surface area contributed by atoms with Crippen molar-refractivity contribution in [3.8, 4) is 0 Å². The van der Waals surface area contributed by atoms with Gasteiger partial charge < -0.3 is 10.6 Å². The lowest BCUT2D eigenvalue weighted by molar-refractivity contribution is 0.0508. The van der Waals surface area contributed by atoms with Gasteiger partial charge in [-0.15, -0.1) is 0 Å². The molecule has 0 spiro atoms. The zero-order valence-corrected chi connectivity index (χ0v) is 12.8. The highest BCUT2D eigenvalue weighted by atomic mass is 15.2. The summed E-state index contributed by atoms with van der Waals surface area (Å²) in [4.78, 5) is 5.04. The molecule has 1 fully saturated rings. The summed E-state index contributed by atoms with van der Waals surface area (Å²) in [6.07, 6.45) is 4.80. The molecule has 3 nitrogen and oxygen atoms in total. The zero-order valence-electron chi connectivity index (χ0n) is 12.8. The van der Waals surface area contributed by atoms with Crippen LogP contribution in [0.25, 0.3) is 0 Å². The maximum atomic E-state index is 6.22. The Bertz CT molecular complexity index is 436. The number of fused-ring (bicyclic) bond motifs is 1. The quantitative estimate of drug-likeness (QED) is 0.906. The van der Waals surface area contributed by atoms with E-state index in [0.29, 0.717) is 0 Å². The molecule has 1 aromatic rings. The number of hydrogen-bond donors (Lipinski definition) is 1. The molecule has 1 aliphatic heterocycles. The lowest BCUT2D eigenvalue weighted by atomic mass is 9.89. The molecule has 0 saturated carbocycles. The molecule has 0 atom stereocenters. The Hall–Kier alpha value is -0.900. The second kappa shape index (κ2) is 5.47. The third kappa shape index (κ3) is 2.39. The largest absolute Gasteiger partial charge is 0.329 e. The van der Waals surface area contributed by atoms with Gasteiger partial charge in [-0.3, -0.25) is 4.90 Å². The Kier molecular flexibility index (Phi) is 3.85. The van der Waals surface area contributed by atoms with Gasteiger partial charge >= 0.3 is 0 Å². The van der Waals surface area contributed by atoms with E-state index in [9.17, 15) is 0 Å². The van der Waals surface area contributed by atoms with Crippen molar-refractivity contribution in [1.82, 2.24) is 9.80 Å². The normalized spacial score (nSPS) is 23.2. The highest BCUT2D eigenvalue weighted by Gasteiger charge is 2.42. The van der Waals surface area contributed by atoms with E-state index < -0.39 is 0 Å². The van der Waals surface area contributed by atoms with Gasteiger partial charge in [-0.1, -0.05) is 24.3 Å². The average molecular weight is 273 g/mol. The molecule has 2 N–H and O–H groups in total. The third-order valence-corrected chi connectivity index (χ3v) is 5.40. The van der Waals surface area contributed by atoms with Crippen LogP contribution in [0.3, 0.4) is 0 Å². The number of hydrogen-bond acceptors (Lipinski definition) is 3. The smallest absolute Gasteiger partial charge is 0.0412 e. The van der Waals surface area contributed by atoms with Gasteiger partial charge in [0.2, 0.25) is 0 Å². The van der Waals surface area contributed by atoms with E-state index >= 15 is 0 Å². The number of nitrogens with two attached hydrogens (primary N) is 1. The van der Waals surface area contributed by atoms with Crippen LogP contribution in [-0.2, 0) is 12.8 Å². The molecule has 3 heteroatoms. The Morgan fingerprint density at radius 1 is 1.15 bits per heavy atom. The molecule has 1 aromatic carbocycles. The number of rotatable bonds is 3. The van der Waals surface area contributed by atoms with Crippen LogP contribution in [0, 0.1) is 0 Å². The van der Waals surface area contributed by atoms with Crippen molar-refractivity contribution in [3.63, 3.8) is 0 Å². The fourth-order valence-corrected chi connectivity index (χ4v) is 4.03. The minimum atomic E-state index is 0.182. The minimum Gasteiger partial charge on any atom is -0.329 e. The van der Waals surface area contributed by atoms with Gasteiger partial charge in [0.25, 0.3) is 0 Å². The molecule has 0 bridgehead atoms. The van der Waals surface area contributed by atoms with Crippen LogP contribution in [-0.4, -0.2) is 55.1 Å². The van der Waals surface area contributed by atoms with Crippen molar-refractivity contribution in [3.05, 3.63) is 35.4 Å². The maximum absolute atomic E-state index is 6.22. The van der Waals surface area contributed by atoms with E-state index in [-0.39, 0.29) is 5.54 Å². The third-order valence-electron chi connectivity index (χ3n) is 5.40. The summed E-state index contributed by atoms with van der Waals surface area (Å²) in [6.45, 7) is 3.15. The van der Waals surface area contributed by atoms with Crippen LogP contribution >= 0.6 is 0 Å². The van der Waals surface area contributed by atoms with E-state index in [1.165, 1.54) is 37.1 Å². The fraction of sp³-hybridized carbons (Fsp3) is 0.647. The Balaban J connectivity index is 1.73. The highest BCUT2D eigenvalue weighted by molar-refractivity contribution is 5.36. The standard InChI is InChI=1S/C17H27N3/c1-19(2)16-7-9-20(10-8-16)17(13-18)11-14-5-3-4-6-15(14)12-17/h3-6,16H,7-13,18H2,1-2H3. The summed E-state index contributed by atoms with van der Waals surface area (Å²) < 4.78 is 0. The molecule has 110 valence electrons. The first-order valence-electron chi connectivity index (χ1n) is 7.83. The summed E-state index contributed by atoms with van der Waals surface area (Å²) in [5, 5.41) is 0. The van der Waals surface area contributed by atoms with Gasteiger partial charge in [0.15, 0.2) is 0 Å². The molecule has 0 radical (unpaired) electrons. The molecule has 0 amide bonds. The first kappa shape index (κ1) is 14.1. The summed E-state index contributed by atoms with van der Waals surface area (Å²) in [7, 11) is 4.40. The van der Waals surface area contributed by atoms with Crippen LogP contribution < -0.4 is 5.73 Å². The number of benzene rings is 1. The molecule has 1 saturated heterocycles. The average Bonchev–Trinajstić information content (AvgIpc) is 2.87. The number of nitrogens with zero attached hydrogens (tertiary/aromatic N) is 2. The van der Waals surface area contributed by atoms with E-state index in [4.69, 9.17) is 5.73 Å². The maximum Gasteiger partial charge on any atom is 0.0412 e. The first-order valence-corrected chi connectivity index (χ1v) is 7.83. The van der Waals surface area contributed by atoms with Gasteiger partial charge in [-0.25, -0.2) is 0 Å². The van der Waals surface area contributed by atoms with Crippen LogP contribution in [0.1, 0.15) is 24.0 Å². The molecule has 1 aliphatic carbocycles. The van der Waals surface area contributed by atoms with Gasteiger partial charge in [0.1, 0.15) is 0 Å². The van der Waals surface area contributed by atoms with Crippen LogP contribution in [0.15, 0.2) is 24.3 Å². The van der Waals surface area contributed by atoms with Crippen molar-refractivity contribution in [2.75, 3.05) is 33.7 Å². The van der Waals surface area contributed by atoms with E-state index in [0.717, 1.165) is 25.4 Å². The van der Waals surface area contributed by atoms with Crippen molar-refractivity contribution in [2.45, 2.75) is 37.3 Å². The van der Waals surface area contributed by atoms with Gasteiger partial charge in [0, 0.05) is 31.2 Å². The van der Waals surface area contributed by atoms with Crippen LogP contribution in [0.5, 0.6) is 0 Å². The number of likely N-dealkylation sites (tertiary alicyclic amines) is 1. The topological polar surface area (TPSA) is 32.5 Å². The predicted molar refractivity (Wildman–Crippen MR) is 83.9 cm³/mol. The summed E-state index contributed by atoms with van der Waals surface area (Å²) in [6, 6.07) is 9.61. The van der Waals surface area contributed by atoms with E-state index in [1.54, 1.807) is 0 Å². The van der Waals surface area contributed by atoms with Gasteiger partial charge in [-0.05, 0) is 50.9 Å². The van der Waals surface area contributed by atoms with E-state index in [1.807, 2.05) is 0 Å². The fourth-order valence-electron chi connectivity index (χ4n) is 4.03. The summed E-state index contributed by atoms with van der Waals surface area (Å²) >= 11 is 0. The first-order chi connectivity index (χ1) is 9.64. The molecule has 20 heavy (non-hydrogen) atoms. The van der Waals surface area contributed by atoms with Crippen molar-refractivity contribution >= 4 is 0 Å². The van der Waals surface area contributed by atoms with Crippen molar-refractivity contribution in [1.29, 1.82) is 0 Å². The number of piperidine rings is 1. The molecular formula is C17H27N3. The second-order valence-corrected chi connectivity index (χ2v) is 6.73. The zero-order chi connectivity index (χ0) is 14.2. The van der Waals surface area contributed by atoms with Crippen LogP contribution in [0.4, 0.5) is 0 Å². The molecule has 2 aliphatic rings. The van der Waals surface area contributed by atoms with Gasteiger partial charge in [-0.2, -0.15) is 0 Å². The second-order valence-electron chi connectivity index (χ2n) is 6.73. The molecule has 0 unspecified atom stereocenters. The lowest BCUT2D eigenvalue weighted by Gasteiger charge is -2.45. The lowest BCUT2D eigenvalue weighted by Crippen LogP contribution is -2.58. The SMILES string of the molecule is CN(C)C1CCN(C2(CN)Cc3ccccc3C2)CC1. The van der Waals surface area contributed by atoms with Gasteiger partial charge in [0.05, 0.1) is 0 Å². The monoisotopic (exact) mass is 273 g/mol. The summed E-state index contributed by atoms with van der Waals surface area (Å²) in [5.41, 5.74) is 9.42. The van der Waals surface area contributed by atoms with E-state index in [2.05, 4.69) is 48.2 Å². The molecule has 1 heterocycles. The highest BCUT2D eigenvalue weighted by Crippen LogP contribution is 2.35. The van der Waals surface area contributed by atoms with Crippen LogP contribution in [0.2, 0.25) is 0 Å². The molecule has 3 rings (SSSR count). The molecule has 0 aromatic heterocycles. The molecular weight excluding hydrogens is 246 g/mol. The summed E-state index contributed by atoms with van der Waals surface area (Å²) in [5.74, 6) is 0.